The van der Waals surface area contributed by atoms with E-state index in [0.29, 0.717) is 19.6 Å². The number of sulfonamides is 1. The number of rotatable bonds is 3. The van der Waals surface area contributed by atoms with E-state index in [-0.39, 0.29) is 28.4 Å². The first-order valence-electron chi connectivity index (χ1n) is 7.39. The molecule has 1 aromatic heterocycles. The van der Waals surface area contributed by atoms with Crippen molar-refractivity contribution in [3.05, 3.63) is 58.9 Å². The summed E-state index contributed by atoms with van der Waals surface area (Å²) in [7, 11) is -3.67. The molecule has 1 N–H and O–H groups in total. The fourth-order valence-corrected chi connectivity index (χ4v) is 4.96. The number of nitrogens with one attached hydrogen (secondary N) is 1. The molecule has 1 aromatic carbocycles. The van der Waals surface area contributed by atoms with Gasteiger partial charge in [-0.25, -0.2) is 8.42 Å². The van der Waals surface area contributed by atoms with Crippen molar-refractivity contribution >= 4 is 34.0 Å². The summed E-state index contributed by atoms with van der Waals surface area (Å²) in [6.07, 6.45) is 3.38. The third kappa shape index (κ3) is 3.73. The van der Waals surface area contributed by atoms with Gasteiger partial charge in [-0.1, -0.05) is 23.7 Å². The topological polar surface area (TPSA) is 62.3 Å². The van der Waals surface area contributed by atoms with E-state index in [1.807, 2.05) is 19.1 Å². The first-order valence-corrected chi connectivity index (χ1v) is 9.20. The predicted octanol–water partition coefficient (Wildman–Crippen LogP) is 2.80. The van der Waals surface area contributed by atoms with Crippen LogP contribution in [0.4, 0.5) is 0 Å². The quantitative estimate of drug-likeness (QED) is 0.879. The lowest BCUT2D eigenvalue weighted by Gasteiger charge is -2.35. The molecule has 0 radical (unpaired) electrons. The Balaban J connectivity index is 0.00000208. The van der Waals surface area contributed by atoms with E-state index in [0.717, 1.165) is 11.1 Å². The average Bonchev–Trinajstić information content (AvgIpc) is 2.55. The van der Waals surface area contributed by atoms with Crippen LogP contribution in [0.5, 0.6) is 0 Å². The van der Waals surface area contributed by atoms with Crippen molar-refractivity contribution in [3.63, 3.8) is 0 Å². The molecule has 1 saturated heterocycles. The van der Waals surface area contributed by atoms with Gasteiger partial charge in [0.25, 0.3) is 0 Å². The van der Waals surface area contributed by atoms with Crippen LogP contribution in [-0.4, -0.2) is 37.3 Å². The van der Waals surface area contributed by atoms with Gasteiger partial charge in [-0.2, -0.15) is 4.31 Å². The van der Waals surface area contributed by atoms with Gasteiger partial charge in [0, 0.05) is 32.0 Å². The van der Waals surface area contributed by atoms with Crippen LogP contribution in [0.1, 0.15) is 17.2 Å². The lowest BCUT2D eigenvalue weighted by atomic mass is 10.1. The highest BCUT2D eigenvalue weighted by Crippen LogP contribution is 2.32. The van der Waals surface area contributed by atoms with Crippen molar-refractivity contribution in [1.82, 2.24) is 14.6 Å². The van der Waals surface area contributed by atoms with E-state index < -0.39 is 10.0 Å². The van der Waals surface area contributed by atoms with Crippen LogP contribution in [0.15, 0.2) is 47.6 Å². The maximum absolute atomic E-state index is 13.1. The molecule has 2 aromatic rings. The third-order valence-corrected chi connectivity index (χ3v) is 6.33. The van der Waals surface area contributed by atoms with Gasteiger partial charge in [-0.3, -0.25) is 4.98 Å². The van der Waals surface area contributed by atoms with Gasteiger partial charge in [-0.15, -0.1) is 12.4 Å². The van der Waals surface area contributed by atoms with Crippen LogP contribution in [-0.2, 0) is 10.0 Å². The minimum atomic E-state index is -3.67. The number of aromatic nitrogens is 1. The third-order valence-electron chi connectivity index (χ3n) is 3.94. The summed E-state index contributed by atoms with van der Waals surface area (Å²) in [5.74, 6) is 0. The van der Waals surface area contributed by atoms with E-state index in [2.05, 4.69) is 10.3 Å². The van der Waals surface area contributed by atoms with Crippen molar-refractivity contribution < 1.29 is 8.42 Å². The first kappa shape index (κ1) is 19.1. The molecule has 0 amide bonds. The van der Waals surface area contributed by atoms with Crippen LogP contribution in [0.3, 0.4) is 0 Å². The number of pyridine rings is 1. The summed E-state index contributed by atoms with van der Waals surface area (Å²) in [5, 5.41) is 3.50. The van der Waals surface area contributed by atoms with Gasteiger partial charge in [0.1, 0.15) is 4.90 Å². The summed E-state index contributed by atoms with van der Waals surface area (Å²) in [6, 6.07) is 8.43. The monoisotopic (exact) mass is 387 g/mol. The van der Waals surface area contributed by atoms with E-state index >= 15 is 0 Å². The number of benzene rings is 1. The van der Waals surface area contributed by atoms with Crippen molar-refractivity contribution in [2.75, 3.05) is 19.6 Å². The Morgan fingerprint density at radius 2 is 2.12 bits per heavy atom. The molecular formula is C16H19Cl2N3O2S. The van der Waals surface area contributed by atoms with Crippen LogP contribution in [0, 0.1) is 6.92 Å². The molecule has 0 spiro atoms. The molecule has 3 rings (SSSR count). The molecule has 130 valence electrons. The molecule has 1 aliphatic rings. The van der Waals surface area contributed by atoms with E-state index in [9.17, 15) is 8.42 Å². The summed E-state index contributed by atoms with van der Waals surface area (Å²) < 4.78 is 27.7. The van der Waals surface area contributed by atoms with Gasteiger partial charge < -0.3 is 5.32 Å². The summed E-state index contributed by atoms with van der Waals surface area (Å²) in [4.78, 5) is 4.26. The largest absolute Gasteiger partial charge is 0.313 e. The Kier molecular flexibility index (Phi) is 6.22. The normalized spacial score (nSPS) is 18.8. The molecule has 2 heterocycles. The second-order valence-corrected chi connectivity index (χ2v) is 7.82. The Morgan fingerprint density at radius 1 is 1.33 bits per heavy atom. The minimum Gasteiger partial charge on any atom is -0.313 e. The molecule has 1 aliphatic heterocycles. The maximum Gasteiger partial charge on any atom is 0.245 e. The zero-order valence-electron chi connectivity index (χ0n) is 13.1. The Bertz CT molecular complexity index is 800. The molecule has 0 saturated carbocycles. The highest BCUT2D eigenvalue weighted by Gasteiger charge is 2.35. The number of halogens is 2. The van der Waals surface area contributed by atoms with Gasteiger partial charge in [-0.05, 0) is 36.2 Å². The number of aryl methyl sites for hydroxylation is 1. The number of piperazine rings is 1. The molecule has 1 atom stereocenters. The highest BCUT2D eigenvalue weighted by molar-refractivity contribution is 7.89. The summed E-state index contributed by atoms with van der Waals surface area (Å²) in [5.41, 5.74) is 1.80. The molecule has 0 bridgehead atoms. The first-order chi connectivity index (χ1) is 11.0. The van der Waals surface area contributed by atoms with Crippen LogP contribution < -0.4 is 5.32 Å². The minimum absolute atomic E-state index is 0. The molecule has 8 heteroatoms. The predicted molar refractivity (Wildman–Crippen MR) is 97.2 cm³/mol. The Labute approximate surface area is 153 Å². The summed E-state index contributed by atoms with van der Waals surface area (Å²) >= 11 is 6.19. The Hall–Kier alpha value is -1.18. The van der Waals surface area contributed by atoms with E-state index in [1.54, 1.807) is 30.6 Å². The van der Waals surface area contributed by atoms with Crippen LogP contribution in [0.2, 0.25) is 5.02 Å². The van der Waals surface area contributed by atoms with Crippen molar-refractivity contribution in [1.29, 1.82) is 0 Å². The lowest BCUT2D eigenvalue weighted by Crippen LogP contribution is -2.48. The average molecular weight is 388 g/mol. The van der Waals surface area contributed by atoms with Crippen molar-refractivity contribution in [2.45, 2.75) is 17.9 Å². The second kappa shape index (κ2) is 7.80. The van der Waals surface area contributed by atoms with Gasteiger partial charge in [0.15, 0.2) is 0 Å². The SMILES string of the molecule is Cc1ccc(S(=O)(=O)N2CCNCC2c2cccnc2)c(Cl)c1.Cl. The number of hydrogen-bond donors (Lipinski definition) is 1. The standard InChI is InChI=1S/C16H18ClN3O2S.ClH/c1-12-4-5-16(14(17)9-12)23(21,22)20-8-7-19-11-15(20)13-3-2-6-18-10-13;/h2-6,9-10,15,19H,7-8,11H2,1H3;1H. The molecule has 24 heavy (non-hydrogen) atoms. The van der Waals surface area contributed by atoms with Crippen molar-refractivity contribution in [3.8, 4) is 0 Å². The zero-order valence-corrected chi connectivity index (χ0v) is 15.5. The van der Waals surface area contributed by atoms with E-state index in [1.165, 1.54) is 4.31 Å². The smallest absolute Gasteiger partial charge is 0.245 e. The lowest BCUT2D eigenvalue weighted by molar-refractivity contribution is 0.271. The number of hydrogen-bond acceptors (Lipinski definition) is 4. The molecule has 1 fully saturated rings. The maximum atomic E-state index is 13.1. The molecular weight excluding hydrogens is 369 g/mol. The Morgan fingerprint density at radius 3 is 2.79 bits per heavy atom. The second-order valence-electron chi connectivity index (χ2n) is 5.56. The highest BCUT2D eigenvalue weighted by atomic mass is 35.5. The zero-order chi connectivity index (χ0) is 16.4. The summed E-state index contributed by atoms with van der Waals surface area (Å²) in [6.45, 7) is 3.44. The van der Waals surface area contributed by atoms with Gasteiger partial charge in [0.05, 0.1) is 11.1 Å². The van der Waals surface area contributed by atoms with Crippen molar-refractivity contribution in [2.24, 2.45) is 0 Å². The van der Waals surface area contributed by atoms with Crippen LogP contribution in [0.25, 0.3) is 0 Å². The van der Waals surface area contributed by atoms with Crippen LogP contribution >= 0.6 is 24.0 Å². The van der Waals surface area contributed by atoms with Gasteiger partial charge in [0.2, 0.25) is 10.0 Å². The van der Waals surface area contributed by atoms with E-state index in [4.69, 9.17) is 11.6 Å². The van der Waals surface area contributed by atoms with Gasteiger partial charge >= 0.3 is 0 Å². The fraction of sp³-hybridized carbons (Fsp3) is 0.312. The molecule has 0 aliphatic carbocycles. The molecule has 1 unspecified atom stereocenters. The molecule has 5 nitrogen and oxygen atoms in total. The number of nitrogens with zero attached hydrogens (tertiary/aromatic N) is 2. The fourth-order valence-electron chi connectivity index (χ4n) is 2.77.